The molecule has 3 heteroatoms. The Balaban J connectivity index is 1.82. The summed E-state index contributed by atoms with van der Waals surface area (Å²) in [5, 5.41) is 7.34. The molecule has 0 heterocycles. The van der Waals surface area contributed by atoms with Crippen LogP contribution in [0.1, 0.15) is 31.7 Å². The summed E-state index contributed by atoms with van der Waals surface area (Å²) >= 11 is 5.23. The van der Waals surface area contributed by atoms with Crippen molar-refractivity contribution in [1.82, 2.24) is 10.6 Å². The van der Waals surface area contributed by atoms with Crippen LogP contribution in [0.2, 0.25) is 0 Å². The van der Waals surface area contributed by atoms with Crippen LogP contribution in [0.5, 0.6) is 0 Å². The predicted octanol–water partition coefficient (Wildman–Crippen LogP) is 2.42. The van der Waals surface area contributed by atoms with Crippen LogP contribution < -0.4 is 10.6 Å². The van der Waals surface area contributed by atoms with Crippen molar-refractivity contribution in [1.29, 1.82) is 0 Å². The standard InChI is InChI=1S/C13H18N2S/c1-9(2)14-13(16)15-12-8-11(12)10-6-4-3-5-7-10/h3-7,9,11-12H,8H2,1-2H3,(H2,14,15,16). The minimum atomic E-state index is 0.397. The molecule has 86 valence electrons. The molecule has 1 fully saturated rings. The minimum absolute atomic E-state index is 0.397. The SMILES string of the molecule is CC(C)NC(=S)NC1CC1c1ccccc1. The second-order valence-corrected chi connectivity index (χ2v) is 5.04. The fourth-order valence-electron chi connectivity index (χ4n) is 1.90. The third kappa shape index (κ3) is 2.95. The lowest BCUT2D eigenvalue weighted by molar-refractivity contribution is 0.708. The molecule has 0 bridgehead atoms. The summed E-state index contributed by atoms with van der Waals surface area (Å²) < 4.78 is 0. The highest BCUT2D eigenvalue weighted by atomic mass is 32.1. The van der Waals surface area contributed by atoms with Crippen LogP contribution in [0.15, 0.2) is 30.3 Å². The van der Waals surface area contributed by atoms with Crippen molar-refractivity contribution in [3.05, 3.63) is 35.9 Å². The van der Waals surface area contributed by atoms with Gasteiger partial charge in [-0.25, -0.2) is 0 Å². The molecule has 1 aromatic carbocycles. The first-order chi connectivity index (χ1) is 7.66. The highest BCUT2D eigenvalue weighted by Gasteiger charge is 2.38. The Kier molecular flexibility index (Phi) is 3.44. The molecule has 1 aliphatic rings. The third-order valence-electron chi connectivity index (χ3n) is 2.75. The summed E-state index contributed by atoms with van der Waals surface area (Å²) in [4.78, 5) is 0. The fourth-order valence-corrected chi connectivity index (χ4v) is 2.28. The van der Waals surface area contributed by atoms with Crippen LogP contribution in [0.4, 0.5) is 0 Å². The van der Waals surface area contributed by atoms with Crippen LogP contribution in [0, 0.1) is 0 Å². The Morgan fingerprint density at radius 1 is 1.31 bits per heavy atom. The first-order valence-electron chi connectivity index (χ1n) is 5.79. The number of thiocarbonyl (C=S) groups is 1. The van der Waals surface area contributed by atoms with E-state index in [1.807, 2.05) is 0 Å². The lowest BCUT2D eigenvalue weighted by Gasteiger charge is -2.12. The minimum Gasteiger partial charge on any atom is -0.361 e. The van der Waals surface area contributed by atoms with Gasteiger partial charge in [-0.2, -0.15) is 0 Å². The molecule has 0 spiro atoms. The van der Waals surface area contributed by atoms with Crippen molar-refractivity contribution in [2.75, 3.05) is 0 Å². The predicted molar refractivity (Wildman–Crippen MR) is 71.6 cm³/mol. The Morgan fingerprint density at radius 3 is 2.62 bits per heavy atom. The molecule has 2 unspecified atom stereocenters. The van der Waals surface area contributed by atoms with E-state index in [2.05, 4.69) is 54.8 Å². The lowest BCUT2D eigenvalue weighted by Crippen LogP contribution is -2.40. The summed E-state index contributed by atoms with van der Waals surface area (Å²) in [6.07, 6.45) is 1.18. The van der Waals surface area contributed by atoms with Gasteiger partial charge in [-0.15, -0.1) is 0 Å². The molecule has 0 aromatic heterocycles. The topological polar surface area (TPSA) is 24.1 Å². The molecule has 1 aliphatic carbocycles. The number of benzene rings is 1. The van der Waals surface area contributed by atoms with Crippen molar-refractivity contribution in [2.45, 2.75) is 38.3 Å². The average molecular weight is 234 g/mol. The highest BCUT2D eigenvalue weighted by Crippen LogP contribution is 2.40. The van der Waals surface area contributed by atoms with Crippen molar-refractivity contribution >= 4 is 17.3 Å². The normalized spacial score (nSPS) is 22.9. The lowest BCUT2D eigenvalue weighted by atomic mass is 10.1. The maximum atomic E-state index is 5.23. The van der Waals surface area contributed by atoms with Gasteiger partial charge in [0.1, 0.15) is 0 Å². The quantitative estimate of drug-likeness (QED) is 0.785. The van der Waals surface area contributed by atoms with Gasteiger partial charge in [0.05, 0.1) is 0 Å². The van der Waals surface area contributed by atoms with E-state index in [-0.39, 0.29) is 0 Å². The molecule has 2 N–H and O–H groups in total. The summed E-state index contributed by atoms with van der Waals surface area (Å²) in [7, 11) is 0. The van der Waals surface area contributed by atoms with Gasteiger partial charge in [-0.1, -0.05) is 30.3 Å². The zero-order chi connectivity index (χ0) is 11.5. The molecule has 16 heavy (non-hydrogen) atoms. The van der Waals surface area contributed by atoms with E-state index in [0.29, 0.717) is 18.0 Å². The Hall–Kier alpha value is -1.09. The van der Waals surface area contributed by atoms with Crippen LogP contribution in [0.3, 0.4) is 0 Å². The van der Waals surface area contributed by atoms with Crippen LogP contribution in [0.25, 0.3) is 0 Å². The molecule has 0 radical (unpaired) electrons. The maximum Gasteiger partial charge on any atom is 0.166 e. The molecule has 2 nitrogen and oxygen atoms in total. The van der Waals surface area contributed by atoms with Gasteiger partial charge in [0.2, 0.25) is 0 Å². The zero-order valence-electron chi connectivity index (χ0n) is 9.73. The first kappa shape index (κ1) is 11.4. The highest BCUT2D eigenvalue weighted by molar-refractivity contribution is 7.80. The summed E-state index contributed by atoms with van der Waals surface area (Å²) in [6.45, 7) is 4.19. The van der Waals surface area contributed by atoms with E-state index in [9.17, 15) is 0 Å². The van der Waals surface area contributed by atoms with Crippen LogP contribution in [-0.4, -0.2) is 17.2 Å². The zero-order valence-corrected chi connectivity index (χ0v) is 10.6. The van der Waals surface area contributed by atoms with Gasteiger partial charge < -0.3 is 10.6 Å². The summed E-state index contributed by atoms with van der Waals surface area (Å²) in [6, 6.07) is 11.5. The molecule has 1 saturated carbocycles. The Bertz CT molecular complexity index is 361. The monoisotopic (exact) mass is 234 g/mol. The van der Waals surface area contributed by atoms with Crippen molar-refractivity contribution in [3.8, 4) is 0 Å². The van der Waals surface area contributed by atoms with Crippen molar-refractivity contribution in [2.24, 2.45) is 0 Å². The fraction of sp³-hybridized carbons (Fsp3) is 0.462. The number of hydrogen-bond acceptors (Lipinski definition) is 1. The van der Waals surface area contributed by atoms with E-state index >= 15 is 0 Å². The first-order valence-corrected chi connectivity index (χ1v) is 6.19. The van der Waals surface area contributed by atoms with E-state index in [1.54, 1.807) is 0 Å². The van der Waals surface area contributed by atoms with Crippen molar-refractivity contribution < 1.29 is 0 Å². The van der Waals surface area contributed by atoms with Gasteiger partial charge in [-0.3, -0.25) is 0 Å². The number of rotatable bonds is 3. The Morgan fingerprint density at radius 2 is 2.00 bits per heavy atom. The Labute approximate surface area is 102 Å². The maximum absolute atomic E-state index is 5.23. The summed E-state index contributed by atoms with van der Waals surface area (Å²) in [5.41, 5.74) is 1.41. The van der Waals surface area contributed by atoms with E-state index in [0.717, 1.165) is 5.11 Å². The molecular weight excluding hydrogens is 216 g/mol. The van der Waals surface area contributed by atoms with Crippen LogP contribution >= 0.6 is 12.2 Å². The second kappa shape index (κ2) is 4.83. The molecule has 1 aromatic rings. The molecule has 0 amide bonds. The molecule has 0 aliphatic heterocycles. The van der Waals surface area contributed by atoms with Crippen LogP contribution in [-0.2, 0) is 0 Å². The van der Waals surface area contributed by atoms with Gasteiger partial charge in [0, 0.05) is 18.0 Å². The average Bonchev–Trinajstić information content (AvgIpc) is 2.97. The molecule has 2 atom stereocenters. The number of hydrogen-bond donors (Lipinski definition) is 2. The van der Waals surface area contributed by atoms with Crippen molar-refractivity contribution in [3.63, 3.8) is 0 Å². The van der Waals surface area contributed by atoms with Gasteiger partial charge in [-0.05, 0) is 38.0 Å². The van der Waals surface area contributed by atoms with E-state index in [1.165, 1.54) is 12.0 Å². The van der Waals surface area contributed by atoms with Gasteiger partial charge >= 0.3 is 0 Å². The summed E-state index contributed by atoms with van der Waals surface area (Å²) in [5.74, 6) is 0.633. The second-order valence-electron chi connectivity index (χ2n) is 4.63. The molecule has 0 saturated heterocycles. The molecular formula is C13H18N2S. The third-order valence-corrected chi connectivity index (χ3v) is 2.99. The van der Waals surface area contributed by atoms with Gasteiger partial charge in [0.25, 0.3) is 0 Å². The van der Waals surface area contributed by atoms with Gasteiger partial charge in [0.15, 0.2) is 5.11 Å². The molecule has 2 rings (SSSR count). The smallest absolute Gasteiger partial charge is 0.166 e. The number of nitrogens with one attached hydrogen (secondary N) is 2. The van der Waals surface area contributed by atoms with E-state index < -0.39 is 0 Å². The largest absolute Gasteiger partial charge is 0.361 e. The van der Waals surface area contributed by atoms with E-state index in [4.69, 9.17) is 12.2 Å².